The van der Waals surface area contributed by atoms with E-state index in [1.54, 1.807) is 0 Å². The van der Waals surface area contributed by atoms with Crippen molar-refractivity contribution >= 4 is 21.6 Å². The van der Waals surface area contributed by atoms with Crippen LogP contribution in [0.15, 0.2) is 60.0 Å². The number of nitrogens with one attached hydrogen (secondary N) is 2. The largest absolute Gasteiger partial charge is 0.322 e. The smallest absolute Gasteiger partial charge is 0.255 e. The van der Waals surface area contributed by atoms with Crippen molar-refractivity contribution < 1.29 is 13.2 Å². The van der Waals surface area contributed by atoms with Gasteiger partial charge in [0.15, 0.2) is 0 Å². The summed E-state index contributed by atoms with van der Waals surface area (Å²) >= 11 is 0. The molecule has 2 rings (SSSR count). The van der Waals surface area contributed by atoms with Crippen molar-refractivity contribution in [3.63, 3.8) is 0 Å². The Morgan fingerprint density at radius 2 is 1.79 bits per heavy atom. The summed E-state index contributed by atoms with van der Waals surface area (Å²) in [7, 11) is -3.59. The van der Waals surface area contributed by atoms with Crippen molar-refractivity contribution in [3.05, 3.63) is 71.8 Å². The molecule has 0 unspecified atom stereocenters. The van der Waals surface area contributed by atoms with Crippen LogP contribution in [0.1, 0.15) is 21.5 Å². The summed E-state index contributed by atoms with van der Waals surface area (Å²) in [5.41, 5.74) is 3.13. The summed E-state index contributed by atoms with van der Waals surface area (Å²) in [5.74, 6) is -0.285. The number of carbonyl (C=O) groups excluding carboxylic acids is 1. The Hall–Kier alpha value is -2.44. The minimum Gasteiger partial charge on any atom is -0.322 e. The molecule has 0 aliphatic rings. The molecule has 0 aromatic heterocycles. The fraction of sp³-hybridized carbons (Fsp3) is 0.167. The molecule has 0 spiro atoms. The summed E-state index contributed by atoms with van der Waals surface area (Å²) in [4.78, 5) is 12.4. The first-order valence-electron chi connectivity index (χ1n) is 7.43. The van der Waals surface area contributed by atoms with Crippen molar-refractivity contribution in [1.82, 2.24) is 4.72 Å². The van der Waals surface area contributed by atoms with Crippen LogP contribution in [0.4, 0.5) is 5.69 Å². The Morgan fingerprint density at radius 1 is 1.12 bits per heavy atom. The number of carbonyl (C=O) groups is 1. The monoisotopic (exact) mass is 344 g/mol. The van der Waals surface area contributed by atoms with Gasteiger partial charge in [-0.2, -0.15) is 0 Å². The number of sulfonamides is 1. The van der Waals surface area contributed by atoms with Crippen molar-refractivity contribution in [2.45, 2.75) is 18.7 Å². The highest BCUT2D eigenvalue weighted by Crippen LogP contribution is 2.18. The van der Waals surface area contributed by atoms with E-state index >= 15 is 0 Å². The zero-order valence-electron chi connectivity index (χ0n) is 13.7. The van der Waals surface area contributed by atoms with E-state index in [2.05, 4.69) is 16.6 Å². The molecule has 0 bridgehead atoms. The Bertz CT molecular complexity index is 856. The topological polar surface area (TPSA) is 75.3 Å². The summed E-state index contributed by atoms with van der Waals surface area (Å²) in [6.45, 7) is 7.48. The van der Waals surface area contributed by atoms with Crippen LogP contribution in [0.3, 0.4) is 0 Å². The first kappa shape index (κ1) is 17.9. The van der Waals surface area contributed by atoms with Crippen LogP contribution >= 0.6 is 0 Å². The molecule has 0 saturated heterocycles. The van der Waals surface area contributed by atoms with Crippen LogP contribution in [0, 0.1) is 13.8 Å². The van der Waals surface area contributed by atoms with Gasteiger partial charge in [0, 0.05) is 17.8 Å². The Balaban J connectivity index is 2.17. The highest BCUT2D eigenvalue weighted by atomic mass is 32.2. The Labute approximate surface area is 142 Å². The van der Waals surface area contributed by atoms with E-state index in [0.717, 1.165) is 16.8 Å². The lowest BCUT2D eigenvalue weighted by Gasteiger charge is -2.10. The van der Waals surface area contributed by atoms with Gasteiger partial charge in [0.1, 0.15) is 0 Å². The van der Waals surface area contributed by atoms with Crippen LogP contribution in [0.5, 0.6) is 0 Å². The van der Waals surface area contributed by atoms with Gasteiger partial charge in [0.25, 0.3) is 5.91 Å². The molecule has 0 fully saturated rings. The third-order valence-corrected chi connectivity index (χ3v) is 4.93. The lowest BCUT2D eigenvalue weighted by atomic mass is 10.1. The van der Waals surface area contributed by atoms with Crippen LogP contribution in [-0.2, 0) is 10.0 Å². The van der Waals surface area contributed by atoms with Crippen molar-refractivity contribution in [2.24, 2.45) is 0 Å². The van der Waals surface area contributed by atoms with Gasteiger partial charge in [-0.3, -0.25) is 4.79 Å². The first-order chi connectivity index (χ1) is 11.3. The zero-order chi connectivity index (χ0) is 17.7. The maximum absolute atomic E-state index is 12.3. The highest BCUT2D eigenvalue weighted by molar-refractivity contribution is 7.89. The number of amides is 1. The summed E-state index contributed by atoms with van der Waals surface area (Å²) in [5, 5.41) is 2.84. The molecule has 0 heterocycles. The summed E-state index contributed by atoms with van der Waals surface area (Å²) < 4.78 is 26.4. The molecule has 2 N–H and O–H groups in total. The molecule has 126 valence electrons. The van der Waals surface area contributed by atoms with Crippen LogP contribution < -0.4 is 10.0 Å². The quantitative estimate of drug-likeness (QED) is 0.791. The molecule has 2 aromatic carbocycles. The number of hydrogen-bond acceptors (Lipinski definition) is 3. The third-order valence-electron chi connectivity index (χ3n) is 3.49. The fourth-order valence-corrected chi connectivity index (χ4v) is 3.10. The molecule has 2 aromatic rings. The number of benzene rings is 2. The molecular weight excluding hydrogens is 324 g/mol. The van der Waals surface area contributed by atoms with Gasteiger partial charge in [-0.1, -0.05) is 18.2 Å². The molecule has 6 heteroatoms. The predicted octanol–water partition coefficient (Wildman–Crippen LogP) is 3.02. The van der Waals surface area contributed by atoms with E-state index in [1.807, 2.05) is 32.0 Å². The Morgan fingerprint density at radius 3 is 2.42 bits per heavy atom. The van der Waals surface area contributed by atoms with Crippen LogP contribution in [0.2, 0.25) is 0 Å². The predicted molar refractivity (Wildman–Crippen MR) is 95.7 cm³/mol. The lowest BCUT2D eigenvalue weighted by Crippen LogP contribution is -2.23. The molecule has 0 saturated carbocycles. The molecule has 1 amide bonds. The second kappa shape index (κ2) is 7.42. The van der Waals surface area contributed by atoms with E-state index in [1.165, 1.54) is 30.3 Å². The number of anilines is 1. The van der Waals surface area contributed by atoms with Crippen molar-refractivity contribution in [3.8, 4) is 0 Å². The van der Waals surface area contributed by atoms with E-state index in [0.29, 0.717) is 5.56 Å². The minimum atomic E-state index is -3.59. The number of aryl methyl sites for hydroxylation is 2. The molecule has 24 heavy (non-hydrogen) atoms. The van der Waals surface area contributed by atoms with Gasteiger partial charge in [0.05, 0.1) is 4.90 Å². The van der Waals surface area contributed by atoms with Crippen LogP contribution in [0.25, 0.3) is 0 Å². The number of rotatable bonds is 6. The average molecular weight is 344 g/mol. The van der Waals surface area contributed by atoms with E-state index < -0.39 is 10.0 Å². The maximum atomic E-state index is 12.3. The average Bonchev–Trinajstić information content (AvgIpc) is 2.56. The number of hydrogen-bond donors (Lipinski definition) is 2. The van der Waals surface area contributed by atoms with Crippen molar-refractivity contribution in [2.75, 3.05) is 11.9 Å². The maximum Gasteiger partial charge on any atom is 0.255 e. The highest BCUT2D eigenvalue weighted by Gasteiger charge is 2.14. The van der Waals surface area contributed by atoms with Gasteiger partial charge in [-0.25, -0.2) is 13.1 Å². The van der Waals surface area contributed by atoms with Gasteiger partial charge in [-0.15, -0.1) is 6.58 Å². The van der Waals surface area contributed by atoms with Crippen LogP contribution in [-0.4, -0.2) is 20.9 Å². The second-order valence-electron chi connectivity index (χ2n) is 5.44. The van der Waals surface area contributed by atoms with Crippen molar-refractivity contribution in [1.29, 1.82) is 0 Å². The molecule has 0 atom stereocenters. The fourth-order valence-electron chi connectivity index (χ4n) is 2.10. The molecule has 0 radical (unpaired) electrons. The van der Waals surface area contributed by atoms with E-state index in [-0.39, 0.29) is 17.3 Å². The normalized spacial score (nSPS) is 11.1. The second-order valence-corrected chi connectivity index (χ2v) is 7.20. The molecule has 5 nitrogen and oxygen atoms in total. The molecular formula is C18H20N2O3S. The van der Waals surface area contributed by atoms with E-state index in [4.69, 9.17) is 0 Å². The first-order valence-corrected chi connectivity index (χ1v) is 8.91. The van der Waals surface area contributed by atoms with Gasteiger partial charge >= 0.3 is 0 Å². The molecule has 0 aliphatic carbocycles. The van der Waals surface area contributed by atoms with Gasteiger partial charge in [0.2, 0.25) is 10.0 Å². The standard InChI is InChI=1S/C18H20N2O3S/c1-4-11-19-24(22,23)16-9-7-15(8-10-16)18(21)20-17-12-13(2)5-6-14(17)3/h4-10,12,19H,1,11H2,2-3H3,(H,20,21). The molecule has 0 aliphatic heterocycles. The summed E-state index contributed by atoms with van der Waals surface area (Å²) in [6, 6.07) is 11.6. The lowest BCUT2D eigenvalue weighted by molar-refractivity contribution is 0.102. The van der Waals surface area contributed by atoms with Gasteiger partial charge < -0.3 is 5.32 Å². The minimum absolute atomic E-state index is 0.104. The summed E-state index contributed by atoms with van der Waals surface area (Å²) in [6.07, 6.45) is 1.46. The SMILES string of the molecule is C=CCNS(=O)(=O)c1ccc(C(=O)Nc2cc(C)ccc2C)cc1. The van der Waals surface area contributed by atoms with E-state index in [9.17, 15) is 13.2 Å². The Kier molecular flexibility index (Phi) is 5.54. The van der Waals surface area contributed by atoms with Gasteiger partial charge in [-0.05, 0) is 55.3 Å². The zero-order valence-corrected chi connectivity index (χ0v) is 14.5. The third kappa shape index (κ3) is 4.31.